The normalized spacial score (nSPS) is 14.5. The van der Waals surface area contributed by atoms with Crippen molar-refractivity contribution in [1.29, 1.82) is 0 Å². The van der Waals surface area contributed by atoms with Crippen LogP contribution in [0.5, 0.6) is 0 Å². The first-order valence-corrected chi connectivity index (χ1v) is 9.64. The Kier molecular flexibility index (Phi) is 11.1. The number of hydrogen-bond acceptors (Lipinski definition) is 5. The lowest BCUT2D eigenvalue weighted by atomic mass is 9.96. The second kappa shape index (κ2) is 13.0. The number of carboxylic acid groups (broad SMARTS) is 1. The molecule has 0 fully saturated rings. The minimum Gasteiger partial charge on any atom is -0.480 e. The van der Waals surface area contributed by atoms with Crippen LogP contribution in [-0.4, -0.2) is 54.9 Å². The Bertz CT molecular complexity index is 670. The standard InChI is InChI=1S/C20H27F3N2O5/c1-2-30-17(12-15(13-26)14-8-4-3-5-9-14)25-16(18(27)28)10-6-7-11-24-19(29)20(21,22)23/h3-5,8-9,13,15-17,25H,2,6-7,10-12H2,1H3,(H,24,29)(H,27,28)/t15?,16-,17?/m0/s1. The van der Waals surface area contributed by atoms with Crippen LogP contribution in [0.15, 0.2) is 30.3 Å². The van der Waals surface area contributed by atoms with E-state index in [0.717, 1.165) is 11.8 Å². The molecule has 10 heteroatoms. The molecule has 0 aliphatic heterocycles. The topological polar surface area (TPSA) is 105 Å². The number of nitrogens with one attached hydrogen (secondary N) is 2. The van der Waals surface area contributed by atoms with Gasteiger partial charge in [0.05, 0.1) is 0 Å². The molecule has 0 aliphatic rings. The summed E-state index contributed by atoms with van der Waals surface area (Å²) < 4.78 is 41.9. The molecule has 0 saturated carbocycles. The summed E-state index contributed by atoms with van der Waals surface area (Å²) in [5.74, 6) is -3.64. The van der Waals surface area contributed by atoms with Crippen LogP contribution in [-0.2, 0) is 19.1 Å². The number of carbonyl (C=O) groups excluding carboxylic acids is 2. The minimum atomic E-state index is -4.94. The quantitative estimate of drug-likeness (QED) is 0.237. The number of amides is 1. The highest BCUT2D eigenvalue weighted by molar-refractivity contribution is 5.81. The van der Waals surface area contributed by atoms with Crippen LogP contribution < -0.4 is 10.6 Å². The molecule has 3 N–H and O–H groups in total. The Hall–Kier alpha value is -2.46. The van der Waals surface area contributed by atoms with Crippen LogP contribution in [0.4, 0.5) is 13.2 Å². The summed E-state index contributed by atoms with van der Waals surface area (Å²) >= 11 is 0. The SMILES string of the molecule is CCOC(CC(C=O)c1ccccc1)N[C@@H](CCCCNC(=O)C(F)(F)F)C(=O)O. The molecule has 1 rings (SSSR count). The first-order chi connectivity index (χ1) is 14.2. The number of carboxylic acids is 1. The molecule has 1 aromatic rings. The lowest BCUT2D eigenvalue weighted by Crippen LogP contribution is -2.45. The molecule has 3 atom stereocenters. The van der Waals surface area contributed by atoms with Crippen LogP contribution in [0, 0.1) is 0 Å². The molecule has 1 amide bonds. The molecule has 0 saturated heterocycles. The van der Waals surface area contributed by atoms with Gasteiger partial charge in [0.2, 0.25) is 0 Å². The van der Waals surface area contributed by atoms with Gasteiger partial charge in [-0.3, -0.25) is 14.9 Å². The third kappa shape index (κ3) is 9.36. The molecular formula is C20H27F3N2O5. The molecule has 0 heterocycles. The lowest BCUT2D eigenvalue weighted by Gasteiger charge is -2.25. The van der Waals surface area contributed by atoms with Gasteiger partial charge in [-0.2, -0.15) is 13.2 Å². The van der Waals surface area contributed by atoms with E-state index in [2.05, 4.69) is 5.32 Å². The zero-order valence-corrected chi connectivity index (χ0v) is 16.7. The number of aldehydes is 1. The summed E-state index contributed by atoms with van der Waals surface area (Å²) in [5.41, 5.74) is 0.784. The van der Waals surface area contributed by atoms with E-state index in [9.17, 15) is 32.7 Å². The number of aliphatic carboxylic acids is 1. The van der Waals surface area contributed by atoms with Crippen LogP contribution in [0.1, 0.15) is 44.1 Å². The van der Waals surface area contributed by atoms with E-state index >= 15 is 0 Å². The number of ether oxygens (including phenoxy) is 1. The average Bonchev–Trinajstić information content (AvgIpc) is 2.70. The zero-order chi connectivity index (χ0) is 22.6. The van der Waals surface area contributed by atoms with Crippen LogP contribution >= 0.6 is 0 Å². The van der Waals surface area contributed by atoms with E-state index in [-0.39, 0.29) is 32.2 Å². The van der Waals surface area contributed by atoms with E-state index in [4.69, 9.17) is 4.74 Å². The monoisotopic (exact) mass is 432 g/mol. The molecule has 7 nitrogen and oxygen atoms in total. The van der Waals surface area contributed by atoms with Crippen molar-refractivity contribution in [3.63, 3.8) is 0 Å². The number of alkyl halides is 3. The van der Waals surface area contributed by atoms with Crippen molar-refractivity contribution >= 4 is 18.2 Å². The molecule has 0 aromatic heterocycles. The summed E-state index contributed by atoms with van der Waals surface area (Å²) in [7, 11) is 0. The third-order valence-electron chi connectivity index (χ3n) is 4.38. The van der Waals surface area contributed by atoms with Crippen molar-refractivity contribution in [2.45, 2.75) is 57.0 Å². The highest BCUT2D eigenvalue weighted by atomic mass is 19.4. The first-order valence-electron chi connectivity index (χ1n) is 9.64. The maximum atomic E-state index is 12.1. The molecule has 0 aliphatic carbocycles. The average molecular weight is 432 g/mol. The molecule has 0 spiro atoms. The van der Waals surface area contributed by atoms with Crippen molar-refractivity contribution in [2.24, 2.45) is 0 Å². The van der Waals surface area contributed by atoms with Gasteiger partial charge in [0.15, 0.2) is 0 Å². The summed E-state index contributed by atoms with van der Waals surface area (Å²) in [6.45, 7) is 1.83. The van der Waals surface area contributed by atoms with Crippen molar-refractivity contribution in [1.82, 2.24) is 10.6 Å². The van der Waals surface area contributed by atoms with E-state index in [1.54, 1.807) is 36.5 Å². The molecule has 30 heavy (non-hydrogen) atoms. The van der Waals surface area contributed by atoms with Crippen molar-refractivity contribution in [2.75, 3.05) is 13.2 Å². The van der Waals surface area contributed by atoms with Gasteiger partial charge in [0.1, 0.15) is 18.6 Å². The fourth-order valence-corrected chi connectivity index (χ4v) is 2.86. The van der Waals surface area contributed by atoms with Gasteiger partial charge in [-0.1, -0.05) is 30.3 Å². The highest BCUT2D eigenvalue weighted by Gasteiger charge is 2.38. The van der Waals surface area contributed by atoms with Crippen molar-refractivity contribution in [3.8, 4) is 0 Å². The van der Waals surface area contributed by atoms with Crippen LogP contribution in [0.3, 0.4) is 0 Å². The maximum absolute atomic E-state index is 12.1. The molecule has 0 radical (unpaired) electrons. The third-order valence-corrected chi connectivity index (χ3v) is 4.38. The summed E-state index contributed by atoms with van der Waals surface area (Å²) in [4.78, 5) is 33.8. The number of carbonyl (C=O) groups is 3. The summed E-state index contributed by atoms with van der Waals surface area (Å²) in [5, 5.41) is 14.1. The van der Waals surface area contributed by atoms with E-state index in [1.165, 1.54) is 0 Å². The molecule has 168 valence electrons. The Labute approximate surface area is 173 Å². The zero-order valence-electron chi connectivity index (χ0n) is 16.7. The van der Waals surface area contributed by atoms with Crippen molar-refractivity contribution < 1.29 is 37.4 Å². The van der Waals surface area contributed by atoms with E-state index in [1.807, 2.05) is 6.07 Å². The minimum absolute atomic E-state index is 0.123. The smallest absolute Gasteiger partial charge is 0.471 e. The fourth-order valence-electron chi connectivity index (χ4n) is 2.86. The summed E-state index contributed by atoms with van der Waals surface area (Å²) in [6.07, 6.45) is -4.04. The number of unbranched alkanes of at least 4 members (excludes halogenated alkanes) is 1. The summed E-state index contributed by atoms with van der Waals surface area (Å²) in [6, 6.07) is 8.00. The van der Waals surface area contributed by atoms with Gasteiger partial charge in [0, 0.05) is 25.5 Å². The largest absolute Gasteiger partial charge is 0.480 e. The molecular weight excluding hydrogens is 405 g/mol. The van der Waals surface area contributed by atoms with Crippen LogP contribution in [0.2, 0.25) is 0 Å². The second-order valence-electron chi connectivity index (χ2n) is 6.64. The number of hydrogen-bond donors (Lipinski definition) is 3. The maximum Gasteiger partial charge on any atom is 0.471 e. The lowest BCUT2D eigenvalue weighted by molar-refractivity contribution is -0.173. The van der Waals surface area contributed by atoms with Gasteiger partial charge in [-0.15, -0.1) is 0 Å². The Morgan fingerprint density at radius 2 is 1.87 bits per heavy atom. The van der Waals surface area contributed by atoms with Crippen molar-refractivity contribution in [3.05, 3.63) is 35.9 Å². The van der Waals surface area contributed by atoms with E-state index < -0.39 is 36.2 Å². The highest BCUT2D eigenvalue weighted by Crippen LogP contribution is 2.20. The molecule has 2 unspecified atom stereocenters. The predicted octanol–water partition coefficient (Wildman–Crippen LogP) is 2.61. The molecule has 0 bridgehead atoms. The number of rotatable bonds is 14. The van der Waals surface area contributed by atoms with E-state index in [0.29, 0.717) is 6.61 Å². The van der Waals surface area contributed by atoms with Crippen LogP contribution in [0.25, 0.3) is 0 Å². The Morgan fingerprint density at radius 1 is 1.20 bits per heavy atom. The van der Waals surface area contributed by atoms with Gasteiger partial charge in [-0.25, -0.2) is 0 Å². The van der Waals surface area contributed by atoms with Gasteiger partial charge < -0.3 is 20.0 Å². The Morgan fingerprint density at radius 3 is 2.40 bits per heavy atom. The number of benzene rings is 1. The second-order valence-corrected chi connectivity index (χ2v) is 6.64. The molecule has 1 aromatic carbocycles. The fraction of sp³-hybridized carbons (Fsp3) is 0.550. The predicted molar refractivity (Wildman–Crippen MR) is 103 cm³/mol. The first kappa shape index (κ1) is 25.6. The van der Waals surface area contributed by atoms with Gasteiger partial charge in [-0.05, 0) is 31.7 Å². The number of halogens is 3. The van der Waals surface area contributed by atoms with Gasteiger partial charge >= 0.3 is 18.1 Å². The Balaban J connectivity index is 2.59. The van der Waals surface area contributed by atoms with Gasteiger partial charge in [0.25, 0.3) is 0 Å².